The first-order chi connectivity index (χ1) is 10.1. The van der Waals surface area contributed by atoms with Crippen LogP contribution in [0.4, 0.5) is 11.4 Å². The molecule has 1 unspecified atom stereocenters. The molecule has 21 heavy (non-hydrogen) atoms. The number of hydrogen-bond donors (Lipinski definition) is 3. The number of nitrogens with one attached hydrogen (secondary N) is 2. The SMILES string of the molecule is Cc1ccccc1CNc1ccccc1NC(=O)C(C)O. The molecule has 4 nitrogen and oxygen atoms in total. The lowest BCUT2D eigenvalue weighted by Crippen LogP contribution is -2.24. The third kappa shape index (κ3) is 4.07. The van der Waals surface area contributed by atoms with Crippen molar-refractivity contribution in [2.24, 2.45) is 0 Å². The Hall–Kier alpha value is -2.33. The fourth-order valence-electron chi connectivity index (χ4n) is 1.98. The summed E-state index contributed by atoms with van der Waals surface area (Å²) >= 11 is 0. The molecule has 0 bridgehead atoms. The number of benzene rings is 2. The van der Waals surface area contributed by atoms with E-state index in [9.17, 15) is 9.90 Å². The summed E-state index contributed by atoms with van der Waals surface area (Å²) < 4.78 is 0. The maximum atomic E-state index is 11.6. The van der Waals surface area contributed by atoms with Gasteiger partial charge in [-0.2, -0.15) is 0 Å². The number of anilines is 2. The molecule has 0 spiro atoms. The van der Waals surface area contributed by atoms with Gasteiger partial charge < -0.3 is 15.7 Å². The van der Waals surface area contributed by atoms with Crippen LogP contribution in [0.3, 0.4) is 0 Å². The Morgan fingerprint density at radius 2 is 1.71 bits per heavy atom. The summed E-state index contributed by atoms with van der Waals surface area (Å²) in [4.78, 5) is 11.6. The van der Waals surface area contributed by atoms with E-state index in [4.69, 9.17) is 0 Å². The first-order valence-electron chi connectivity index (χ1n) is 6.94. The number of carbonyl (C=O) groups excluding carboxylic acids is 1. The van der Waals surface area contributed by atoms with Gasteiger partial charge in [0.2, 0.25) is 0 Å². The van der Waals surface area contributed by atoms with Crippen LogP contribution in [0.25, 0.3) is 0 Å². The molecule has 1 amide bonds. The van der Waals surface area contributed by atoms with Crippen molar-refractivity contribution in [3.63, 3.8) is 0 Å². The van der Waals surface area contributed by atoms with Crippen LogP contribution in [0.1, 0.15) is 18.1 Å². The second-order valence-electron chi connectivity index (χ2n) is 4.99. The van der Waals surface area contributed by atoms with Gasteiger partial charge in [-0.25, -0.2) is 0 Å². The maximum Gasteiger partial charge on any atom is 0.252 e. The highest BCUT2D eigenvalue weighted by Gasteiger charge is 2.11. The fourth-order valence-corrected chi connectivity index (χ4v) is 1.98. The first-order valence-corrected chi connectivity index (χ1v) is 6.94. The van der Waals surface area contributed by atoms with Gasteiger partial charge in [-0.3, -0.25) is 4.79 Å². The van der Waals surface area contributed by atoms with Crippen molar-refractivity contribution in [1.29, 1.82) is 0 Å². The van der Waals surface area contributed by atoms with Crippen molar-refractivity contribution in [3.8, 4) is 0 Å². The van der Waals surface area contributed by atoms with Crippen LogP contribution in [0.2, 0.25) is 0 Å². The number of para-hydroxylation sites is 2. The molecule has 2 aromatic carbocycles. The predicted molar refractivity (Wildman–Crippen MR) is 85.3 cm³/mol. The summed E-state index contributed by atoms with van der Waals surface area (Å²) in [6.45, 7) is 4.19. The van der Waals surface area contributed by atoms with E-state index in [2.05, 4.69) is 29.7 Å². The zero-order valence-corrected chi connectivity index (χ0v) is 12.3. The van der Waals surface area contributed by atoms with Crippen LogP contribution in [-0.4, -0.2) is 17.1 Å². The van der Waals surface area contributed by atoms with E-state index >= 15 is 0 Å². The quantitative estimate of drug-likeness (QED) is 0.791. The van der Waals surface area contributed by atoms with Crippen LogP contribution in [-0.2, 0) is 11.3 Å². The lowest BCUT2D eigenvalue weighted by molar-refractivity contribution is -0.123. The number of rotatable bonds is 5. The molecule has 4 heteroatoms. The van der Waals surface area contributed by atoms with E-state index in [1.165, 1.54) is 18.1 Å². The van der Waals surface area contributed by atoms with Crippen LogP contribution in [0.15, 0.2) is 48.5 Å². The molecule has 0 aliphatic rings. The summed E-state index contributed by atoms with van der Waals surface area (Å²) in [6, 6.07) is 15.6. The highest BCUT2D eigenvalue weighted by atomic mass is 16.3. The van der Waals surface area contributed by atoms with Crippen LogP contribution >= 0.6 is 0 Å². The van der Waals surface area contributed by atoms with E-state index in [1.807, 2.05) is 30.3 Å². The molecule has 0 heterocycles. The van der Waals surface area contributed by atoms with Gasteiger partial charge in [-0.05, 0) is 37.1 Å². The molecule has 3 N–H and O–H groups in total. The van der Waals surface area contributed by atoms with Crippen molar-refractivity contribution >= 4 is 17.3 Å². The van der Waals surface area contributed by atoms with Crippen molar-refractivity contribution in [2.75, 3.05) is 10.6 Å². The van der Waals surface area contributed by atoms with E-state index in [1.54, 1.807) is 6.07 Å². The van der Waals surface area contributed by atoms with Gasteiger partial charge in [0.1, 0.15) is 6.10 Å². The summed E-state index contributed by atoms with van der Waals surface area (Å²) in [6.07, 6.45) is -1.03. The van der Waals surface area contributed by atoms with Gasteiger partial charge in [0.05, 0.1) is 11.4 Å². The molecule has 110 valence electrons. The normalized spacial score (nSPS) is 11.8. The molecule has 0 saturated heterocycles. The van der Waals surface area contributed by atoms with Gasteiger partial charge in [-0.15, -0.1) is 0 Å². The standard InChI is InChI=1S/C17H20N2O2/c1-12-7-3-4-8-14(12)11-18-15-9-5-6-10-16(15)19-17(21)13(2)20/h3-10,13,18,20H,11H2,1-2H3,(H,19,21). The Morgan fingerprint density at radius 1 is 1.10 bits per heavy atom. The van der Waals surface area contributed by atoms with E-state index < -0.39 is 12.0 Å². The van der Waals surface area contributed by atoms with Crippen LogP contribution in [0, 0.1) is 6.92 Å². The predicted octanol–water partition coefficient (Wildman–Crippen LogP) is 2.93. The average Bonchev–Trinajstić information content (AvgIpc) is 2.47. The van der Waals surface area contributed by atoms with Gasteiger partial charge in [0.15, 0.2) is 0 Å². The molecular weight excluding hydrogens is 264 g/mol. The minimum atomic E-state index is -1.03. The Bertz CT molecular complexity index is 624. The number of aliphatic hydroxyl groups excluding tert-OH is 1. The molecular formula is C17H20N2O2. The zero-order chi connectivity index (χ0) is 15.2. The second-order valence-corrected chi connectivity index (χ2v) is 4.99. The van der Waals surface area contributed by atoms with Crippen LogP contribution < -0.4 is 10.6 Å². The third-order valence-electron chi connectivity index (χ3n) is 3.29. The minimum Gasteiger partial charge on any atom is -0.384 e. The molecule has 0 radical (unpaired) electrons. The number of hydrogen-bond acceptors (Lipinski definition) is 3. The van der Waals surface area contributed by atoms with Crippen LogP contribution in [0.5, 0.6) is 0 Å². The van der Waals surface area contributed by atoms with Gasteiger partial charge in [0.25, 0.3) is 5.91 Å². The smallest absolute Gasteiger partial charge is 0.252 e. The number of aryl methyl sites for hydroxylation is 1. The third-order valence-corrected chi connectivity index (χ3v) is 3.29. The van der Waals surface area contributed by atoms with Crippen molar-refractivity contribution in [2.45, 2.75) is 26.5 Å². The van der Waals surface area contributed by atoms with Gasteiger partial charge in [-0.1, -0.05) is 36.4 Å². The molecule has 0 saturated carbocycles. The Balaban J connectivity index is 2.10. The number of amides is 1. The number of aliphatic hydroxyl groups is 1. The summed E-state index contributed by atoms with van der Waals surface area (Å²) in [7, 11) is 0. The highest BCUT2D eigenvalue weighted by molar-refractivity contribution is 5.96. The second kappa shape index (κ2) is 6.90. The van der Waals surface area contributed by atoms with E-state index in [-0.39, 0.29) is 0 Å². The summed E-state index contributed by atoms with van der Waals surface area (Å²) in [5, 5.41) is 15.3. The fraction of sp³-hybridized carbons (Fsp3) is 0.235. The van der Waals surface area contributed by atoms with E-state index in [0.717, 1.165) is 5.69 Å². The maximum absolute atomic E-state index is 11.6. The van der Waals surface area contributed by atoms with Gasteiger partial charge in [0, 0.05) is 6.54 Å². The summed E-state index contributed by atoms with van der Waals surface area (Å²) in [5.41, 5.74) is 3.91. The molecule has 1 atom stereocenters. The molecule has 2 aromatic rings. The zero-order valence-electron chi connectivity index (χ0n) is 12.3. The minimum absolute atomic E-state index is 0.417. The average molecular weight is 284 g/mol. The van der Waals surface area contributed by atoms with Crippen molar-refractivity contribution in [1.82, 2.24) is 0 Å². The Morgan fingerprint density at radius 3 is 2.38 bits per heavy atom. The van der Waals surface area contributed by atoms with Gasteiger partial charge >= 0.3 is 0 Å². The Labute approximate surface area is 124 Å². The lowest BCUT2D eigenvalue weighted by Gasteiger charge is -2.14. The largest absolute Gasteiger partial charge is 0.384 e. The summed E-state index contributed by atoms with van der Waals surface area (Å²) in [5.74, 6) is -0.417. The van der Waals surface area contributed by atoms with Crippen molar-refractivity contribution in [3.05, 3.63) is 59.7 Å². The molecule has 0 aliphatic carbocycles. The lowest BCUT2D eigenvalue weighted by atomic mass is 10.1. The molecule has 0 aromatic heterocycles. The molecule has 0 fully saturated rings. The monoisotopic (exact) mass is 284 g/mol. The first kappa shape index (κ1) is 15.1. The van der Waals surface area contributed by atoms with E-state index in [0.29, 0.717) is 12.2 Å². The Kier molecular flexibility index (Phi) is 4.95. The molecule has 2 rings (SSSR count). The van der Waals surface area contributed by atoms with Crippen molar-refractivity contribution < 1.29 is 9.90 Å². The topological polar surface area (TPSA) is 61.4 Å². The highest BCUT2D eigenvalue weighted by Crippen LogP contribution is 2.22. The molecule has 0 aliphatic heterocycles. The number of carbonyl (C=O) groups is 1.